The molecule has 738 valence electrons. The number of aliphatic hydroxyl groups is 26. The lowest BCUT2D eigenvalue weighted by Crippen LogP contribution is -2.67. The van der Waals surface area contributed by atoms with Crippen LogP contribution < -0.4 is 0 Å². The molecule has 128 heavy (non-hydrogen) atoms. The van der Waals surface area contributed by atoms with Crippen LogP contribution in [-0.4, -0.2) is 461 Å². The predicted molar refractivity (Wildman–Crippen MR) is 417 cm³/mol. The Morgan fingerprint density at radius 3 is 1.30 bits per heavy atom. The first kappa shape index (κ1) is 101. The van der Waals surface area contributed by atoms with Crippen molar-refractivity contribution in [2.75, 3.05) is 46.2 Å². The molecule has 0 aromatic rings. The van der Waals surface area contributed by atoms with Crippen LogP contribution in [0.3, 0.4) is 0 Å². The molecule has 53 atom stereocenters. The maximum absolute atomic E-state index is 15.6. The number of fused-ring (bicyclic) bond motifs is 7. The Balaban J connectivity index is 0.594. The van der Waals surface area contributed by atoms with Crippen LogP contribution in [0.15, 0.2) is 11.6 Å². The molecule has 9 aliphatic heterocycles. The van der Waals surface area contributed by atoms with Gasteiger partial charge in [-0.05, 0) is 124 Å². The minimum Gasteiger partial charge on any atom is -0.432 e. The van der Waals surface area contributed by atoms with E-state index in [4.69, 9.17) is 85.3 Å². The maximum Gasteiger partial charge on any atom is 0.315 e. The van der Waals surface area contributed by atoms with Gasteiger partial charge >= 0.3 is 5.97 Å². The first-order valence-electron chi connectivity index (χ1n) is 44.5. The summed E-state index contributed by atoms with van der Waals surface area (Å²) in [5, 5.41) is 286. The van der Waals surface area contributed by atoms with Gasteiger partial charge in [0.1, 0.15) is 195 Å². The predicted octanol–water partition coefficient (Wildman–Crippen LogP) is -10.2. The fourth-order valence-corrected chi connectivity index (χ4v) is 23.3. The van der Waals surface area contributed by atoms with E-state index in [-0.39, 0.29) is 23.9 Å². The Kier molecular flexibility index (Phi) is 31.2. The zero-order chi connectivity index (χ0) is 93.3. The third kappa shape index (κ3) is 18.3. The molecular formula is C83H136O45. The van der Waals surface area contributed by atoms with Crippen LogP contribution in [0.1, 0.15) is 127 Å². The van der Waals surface area contributed by atoms with Crippen LogP contribution >= 0.6 is 0 Å². The molecule has 26 N–H and O–H groups in total. The molecule has 0 aromatic carbocycles. The monoisotopic (exact) mass is 1850 g/mol. The van der Waals surface area contributed by atoms with Gasteiger partial charge in [0.2, 0.25) is 6.29 Å². The molecule has 0 aromatic heterocycles. The molecule has 9 saturated heterocycles. The number of carbonyl (C=O) groups excluding carboxylic acids is 1. The van der Waals surface area contributed by atoms with Crippen LogP contribution in [0, 0.1) is 50.2 Å². The van der Waals surface area contributed by atoms with Crippen LogP contribution in [0.5, 0.6) is 0 Å². The molecule has 0 spiro atoms. The zero-order valence-electron chi connectivity index (χ0n) is 72.7. The van der Waals surface area contributed by atoms with Crippen LogP contribution in [0.4, 0.5) is 0 Å². The number of allylic oxidation sites excluding steroid dienone is 2. The third-order valence-electron chi connectivity index (χ3n) is 31.6. The van der Waals surface area contributed by atoms with E-state index in [1.54, 1.807) is 0 Å². The zero-order valence-corrected chi connectivity index (χ0v) is 72.7. The number of aliphatic hydroxyl groups excluding tert-OH is 26. The van der Waals surface area contributed by atoms with Crippen molar-refractivity contribution in [2.24, 2.45) is 50.2 Å². The quantitative estimate of drug-likeness (QED) is 0.0242. The second-order valence-corrected chi connectivity index (χ2v) is 39.7. The summed E-state index contributed by atoms with van der Waals surface area (Å²) < 4.78 is 107. The van der Waals surface area contributed by atoms with Crippen molar-refractivity contribution in [2.45, 2.75) is 403 Å². The summed E-state index contributed by atoms with van der Waals surface area (Å²) in [6.45, 7) is 12.2. The van der Waals surface area contributed by atoms with Crippen molar-refractivity contribution in [3.8, 4) is 0 Å². The van der Waals surface area contributed by atoms with Gasteiger partial charge in [-0.1, -0.05) is 53.2 Å². The maximum atomic E-state index is 15.6. The summed E-state index contributed by atoms with van der Waals surface area (Å²) in [6, 6.07) is 0. The molecule has 45 heteroatoms. The molecular weight excluding hydrogens is 1720 g/mol. The van der Waals surface area contributed by atoms with Gasteiger partial charge in [-0.2, -0.15) is 0 Å². The van der Waals surface area contributed by atoms with Gasteiger partial charge < -0.3 is 218 Å². The van der Waals surface area contributed by atoms with Gasteiger partial charge in [-0.15, -0.1) is 0 Å². The normalized spacial score (nSPS) is 55.3. The number of ether oxygens (including phenoxy) is 18. The van der Waals surface area contributed by atoms with Crippen molar-refractivity contribution in [3.63, 3.8) is 0 Å². The van der Waals surface area contributed by atoms with Crippen molar-refractivity contribution >= 4 is 5.97 Å². The minimum atomic E-state index is -2.12. The highest BCUT2D eigenvalue weighted by Gasteiger charge is 2.72. The van der Waals surface area contributed by atoms with Crippen molar-refractivity contribution < 1.29 is 223 Å². The SMILES string of the molecule is C[C@@H]1O[C@@H](O[C@H]2[C@H](O[C@@H]3CC[C@@]4(C)[C@H](CC[C@]5(C)[C@@H]4CC=C4[C@@H]6CC(C)(C)CC[C@]6(C(=O)O[C@@H]6O[C@H](CO[C@@H]7O[C@H](CO)[C@@H](O[C@@H]8O[C@@H](C)[C@H](O[C@@H]9O[C@H](CO[C@@H]%10O[C@H](CO)[C@@H](O[C@@H]%11O[C@@H](C)[C@H](O)[C@@H](O)[C@H]%11O)[C@H](O)[C@H]%10O)[C@@H](O)[C@H](O)[C@H]9O)[C@@H](O)[C@H]8O)[C@H](O)[C@H]7O)[C@@H](O)[C@H](O)[C@H]6O)CC[C@]45C)[C@]3(C)CO)OC[C@H](O[C@@H]3O[C@H](CO)[C@@H](O)[C@H](O)[C@H]3O)[C@@H]2O)[C@H](O)[C@H](O)[C@H]1O. The molecule has 0 unspecified atom stereocenters. The first-order valence-corrected chi connectivity index (χ1v) is 44.5. The average Bonchev–Trinajstić information content (AvgIpc) is 0.672. The van der Waals surface area contributed by atoms with E-state index in [9.17, 15) is 133 Å². The summed E-state index contributed by atoms with van der Waals surface area (Å²) in [7, 11) is 0. The Hall–Kier alpha value is -2.51. The fourth-order valence-electron chi connectivity index (χ4n) is 23.3. The van der Waals surface area contributed by atoms with Gasteiger partial charge in [0, 0.05) is 5.41 Å². The molecule has 14 rings (SSSR count). The molecule has 9 heterocycles. The minimum absolute atomic E-state index is 0.00665. The molecule has 0 radical (unpaired) electrons. The molecule has 5 aliphatic carbocycles. The molecule has 4 saturated carbocycles. The first-order chi connectivity index (χ1) is 60.2. The molecule has 45 nitrogen and oxygen atoms in total. The van der Waals surface area contributed by atoms with Crippen LogP contribution in [0.25, 0.3) is 0 Å². The summed E-state index contributed by atoms with van der Waals surface area (Å²) in [5.41, 5.74) is -2.81. The number of hydrogen-bond donors (Lipinski definition) is 26. The average molecular weight is 1850 g/mol. The lowest BCUT2D eigenvalue weighted by Gasteiger charge is -2.71. The summed E-state index contributed by atoms with van der Waals surface area (Å²) >= 11 is 0. The fraction of sp³-hybridized carbons (Fsp3) is 0.964. The van der Waals surface area contributed by atoms with E-state index in [0.29, 0.717) is 64.2 Å². The Morgan fingerprint density at radius 1 is 0.375 bits per heavy atom. The van der Waals surface area contributed by atoms with Crippen molar-refractivity contribution in [1.82, 2.24) is 0 Å². The molecule has 0 amide bonds. The van der Waals surface area contributed by atoms with Crippen molar-refractivity contribution in [1.29, 1.82) is 0 Å². The van der Waals surface area contributed by atoms with Gasteiger partial charge in [0.15, 0.2) is 50.3 Å². The van der Waals surface area contributed by atoms with Crippen LogP contribution in [-0.2, 0) is 90.1 Å². The lowest BCUT2D eigenvalue weighted by atomic mass is 9.33. The lowest BCUT2D eigenvalue weighted by molar-refractivity contribution is -0.381. The standard InChI is InChI=1S/C83H136O45/c1-28-42(88)48(94)56(102)70(114-28)125-65-34(22-85)118-68(61(107)54(65)100)111-24-36-45(91)51(97)59(105)74(120-36)124-64-30(3)116-72(63(109)53(64)99)126-66-35(23-86)119-69(62(108)55(66)101)112-25-37-46(92)52(98)60(106)75(121-37)128-77(110)83-18-16-78(4,5)20-32(83)31-10-11-40-79(6)14-13-41(80(7,27-87)39(79)12-15-82(40,9)81(31,8)17-19-83)123-76-67(127-71-57(103)49(95)43(89)29(2)115-71)47(93)38(26-113-76)122-73-58(104)50(96)44(90)33(21-84)117-73/h10,28-30,32-76,84-109H,11-27H2,1-9H3/t28-,29-,30-,32-,33+,34+,35+,36+,37+,38-,39-,40+,41+,42-,43-,44+,45+,46+,47-,48+,49+,50-,51-,52-,53-,54+,55+,56+,57+,58+,59+,60+,61+,62+,63+,64-,65+,66+,67+,68+,69+,70-,71-,72-,73-,74-,75-,76-,79-,80-,81+,82+,83-/m0/s1. The Labute approximate surface area is 737 Å². The Morgan fingerprint density at radius 2 is 0.789 bits per heavy atom. The summed E-state index contributed by atoms with van der Waals surface area (Å²) in [6.07, 6.45) is -70.5. The second kappa shape index (κ2) is 39.4. The smallest absolute Gasteiger partial charge is 0.315 e. The molecule has 13 fully saturated rings. The van der Waals surface area contributed by atoms with E-state index in [1.165, 1.54) is 20.8 Å². The highest BCUT2D eigenvalue weighted by Crippen LogP contribution is 2.76. The van der Waals surface area contributed by atoms with Crippen molar-refractivity contribution in [3.05, 3.63) is 11.6 Å². The number of rotatable bonds is 24. The summed E-state index contributed by atoms with van der Waals surface area (Å²) in [4.78, 5) is 15.6. The number of hydrogen-bond acceptors (Lipinski definition) is 45. The van der Waals surface area contributed by atoms with Gasteiger partial charge in [-0.25, -0.2) is 0 Å². The topological polar surface area (TPSA) is 709 Å². The largest absolute Gasteiger partial charge is 0.432 e. The van der Waals surface area contributed by atoms with Gasteiger partial charge in [0.05, 0.1) is 76.1 Å². The molecule has 0 bridgehead atoms. The van der Waals surface area contributed by atoms with E-state index in [0.717, 1.165) is 5.57 Å². The van der Waals surface area contributed by atoms with Gasteiger partial charge in [0.25, 0.3) is 0 Å². The van der Waals surface area contributed by atoms with E-state index >= 15 is 4.79 Å². The van der Waals surface area contributed by atoms with Crippen LogP contribution in [0.2, 0.25) is 0 Å². The van der Waals surface area contributed by atoms with E-state index < -0.39 is 355 Å². The van der Waals surface area contributed by atoms with Gasteiger partial charge in [-0.3, -0.25) is 4.79 Å². The summed E-state index contributed by atoms with van der Waals surface area (Å²) in [5.74, 6) is -1.34. The number of carbonyl (C=O) groups is 1. The highest BCUT2D eigenvalue weighted by molar-refractivity contribution is 5.79. The highest BCUT2D eigenvalue weighted by atomic mass is 16.8. The number of esters is 1. The third-order valence-corrected chi connectivity index (χ3v) is 31.6. The second-order valence-electron chi connectivity index (χ2n) is 39.7. The molecule has 14 aliphatic rings. The van der Waals surface area contributed by atoms with E-state index in [2.05, 4.69) is 40.7 Å². The van der Waals surface area contributed by atoms with E-state index in [1.807, 2.05) is 6.92 Å². The Bertz CT molecular complexity index is 3690.